The molecular formula is C5H6Cl2O2. The van der Waals surface area contributed by atoms with Crippen molar-refractivity contribution in [1.29, 1.82) is 0 Å². The Balaban J connectivity index is 4.23. The minimum Gasteiger partial charge on any atom is -0.291 e. The van der Waals surface area contributed by atoms with E-state index >= 15 is 0 Å². The van der Waals surface area contributed by atoms with Crippen LogP contribution in [-0.4, -0.2) is 15.9 Å². The zero-order valence-corrected chi connectivity index (χ0v) is 6.58. The maximum absolute atomic E-state index is 10.6. The molecule has 0 aromatic rings. The van der Waals surface area contributed by atoms with Gasteiger partial charge in [-0.15, -0.1) is 0 Å². The van der Waals surface area contributed by atoms with E-state index in [1.165, 1.54) is 6.92 Å². The second-order valence-electron chi connectivity index (χ2n) is 1.77. The van der Waals surface area contributed by atoms with E-state index < -0.39 is 15.9 Å². The number of alkyl halides is 2. The third-order valence-corrected chi connectivity index (χ3v) is 1.06. The summed E-state index contributed by atoms with van der Waals surface area (Å²) < 4.78 is -1.56. The fourth-order valence-corrected chi connectivity index (χ4v) is 0.575. The van der Waals surface area contributed by atoms with Crippen LogP contribution in [-0.2, 0) is 9.59 Å². The summed E-state index contributed by atoms with van der Waals surface area (Å²) in [7, 11) is 0. The van der Waals surface area contributed by atoms with E-state index in [4.69, 9.17) is 23.2 Å². The van der Waals surface area contributed by atoms with Gasteiger partial charge in [0.1, 0.15) is 0 Å². The molecule has 0 N–H and O–H groups in total. The Morgan fingerprint density at radius 2 is 1.67 bits per heavy atom. The molecule has 9 heavy (non-hydrogen) atoms. The van der Waals surface area contributed by atoms with E-state index in [-0.39, 0.29) is 0 Å². The molecule has 0 aromatic heterocycles. The van der Waals surface area contributed by atoms with E-state index in [2.05, 4.69) is 0 Å². The second-order valence-corrected chi connectivity index (χ2v) is 3.48. The molecule has 0 aliphatic rings. The van der Waals surface area contributed by atoms with Crippen molar-refractivity contribution in [1.82, 2.24) is 0 Å². The number of rotatable bonds is 2. The average Bonchev–Trinajstić information content (AvgIpc) is 1.62. The molecule has 0 aromatic carbocycles. The Labute approximate surface area is 63.1 Å². The minimum absolute atomic E-state index is 0.623. The van der Waals surface area contributed by atoms with Gasteiger partial charge < -0.3 is 0 Å². The van der Waals surface area contributed by atoms with Crippen molar-refractivity contribution >= 4 is 34.8 Å². The van der Waals surface area contributed by atoms with E-state index in [1.54, 1.807) is 0 Å². The van der Waals surface area contributed by atoms with Crippen molar-refractivity contribution < 1.29 is 9.59 Å². The smallest absolute Gasteiger partial charge is 0.233 e. The van der Waals surface area contributed by atoms with Gasteiger partial charge in [-0.1, -0.05) is 23.2 Å². The van der Waals surface area contributed by atoms with Crippen LogP contribution < -0.4 is 0 Å². The van der Waals surface area contributed by atoms with Crippen LogP contribution in [0.2, 0.25) is 0 Å². The van der Waals surface area contributed by atoms with Gasteiger partial charge in [-0.3, -0.25) is 9.59 Å². The van der Waals surface area contributed by atoms with Gasteiger partial charge in [0, 0.05) is 6.92 Å². The molecule has 0 unspecified atom stereocenters. The van der Waals surface area contributed by atoms with Crippen LogP contribution in [0.4, 0.5) is 0 Å². The quantitative estimate of drug-likeness (QED) is 0.461. The Bertz CT molecular complexity index is 146. The second kappa shape index (κ2) is 2.67. The predicted molar refractivity (Wildman–Crippen MR) is 35.8 cm³/mol. The average molecular weight is 169 g/mol. The maximum Gasteiger partial charge on any atom is 0.233 e. The third-order valence-electron chi connectivity index (χ3n) is 0.718. The topological polar surface area (TPSA) is 34.1 Å². The number of halogens is 2. The highest BCUT2D eigenvalue weighted by Crippen LogP contribution is 2.20. The van der Waals surface area contributed by atoms with Crippen molar-refractivity contribution in [2.45, 2.75) is 18.2 Å². The number of Topliss-reactive ketones (excluding diaryl/α,β-unsaturated/α-hetero) is 2. The molecule has 0 bridgehead atoms. The fourth-order valence-electron chi connectivity index (χ4n) is 0.309. The number of carbonyl (C=O) groups is 2. The Morgan fingerprint density at radius 1 is 1.33 bits per heavy atom. The highest BCUT2D eigenvalue weighted by Gasteiger charge is 2.30. The van der Waals surface area contributed by atoms with Gasteiger partial charge in [0.25, 0.3) is 0 Å². The van der Waals surface area contributed by atoms with Crippen molar-refractivity contribution in [3.63, 3.8) is 0 Å². The number of hydrogen-bond acceptors (Lipinski definition) is 2. The zero-order valence-electron chi connectivity index (χ0n) is 5.07. The summed E-state index contributed by atoms with van der Waals surface area (Å²) in [6.07, 6.45) is 0. The lowest BCUT2D eigenvalue weighted by Gasteiger charge is -2.06. The molecule has 0 heterocycles. The van der Waals surface area contributed by atoms with Gasteiger partial charge in [0.05, 0.1) is 0 Å². The predicted octanol–water partition coefficient (Wildman–Crippen LogP) is 1.34. The summed E-state index contributed by atoms with van der Waals surface area (Å²) in [4.78, 5) is 20.8. The van der Waals surface area contributed by atoms with Crippen LogP contribution in [0.15, 0.2) is 0 Å². The van der Waals surface area contributed by atoms with Crippen LogP contribution >= 0.6 is 23.2 Å². The van der Waals surface area contributed by atoms with Crippen LogP contribution in [0.25, 0.3) is 0 Å². The van der Waals surface area contributed by atoms with E-state index in [0.29, 0.717) is 0 Å². The lowest BCUT2D eigenvalue weighted by molar-refractivity contribution is -0.135. The lowest BCUT2D eigenvalue weighted by atomic mass is 10.2. The van der Waals surface area contributed by atoms with E-state index in [9.17, 15) is 9.59 Å². The first-order valence-electron chi connectivity index (χ1n) is 2.29. The van der Waals surface area contributed by atoms with Gasteiger partial charge in [-0.2, -0.15) is 0 Å². The number of carbonyl (C=O) groups excluding carboxylic acids is 2. The Morgan fingerprint density at radius 3 is 1.67 bits per heavy atom. The van der Waals surface area contributed by atoms with Gasteiger partial charge >= 0.3 is 0 Å². The van der Waals surface area contributed by atoms with Crippen LogP contribution in [0.5, 0.6) is 0 Å². The Hall–Kier alpha value is -0.0800. The summed E-state index contributed by atoms with van der Waals surface area (Å²) in [5.41, 5.74) is 0. The largest absolute Gasteiger partial charge is 0.291 e. The summed E-state index contributed by atoms with van der Waals surface area (Å²) in [6.45, 7) is 2.39. The molecule has 0 atom stereocenters. The fraction of sp³-hybridized carbons (Fsp3) is 0.600. The molecule has 0 aliphatic carbocycles. The number of ketones is 2. The van der Waals surface area contributed by atoms with Crippen LogP contribution in [0.1, 0.15) is 13.8 Å². The molecule has 0 radical (unpaired) electrons. The zero-order chi connectivity index (χ0) is 7.65. The first kappa shape index (κ1) is 8.92. The van der Waals surface area contributed by atoms with Gasteiger partial charge in [-0.25, -0.2) is 0 Å². The highest BCUT2D eigenvalue weighted by atomic mass is 35.5. The molecule has 0 amide bonds. The highest BCUT2D eigenvalue weighted by molar-refractivity contribution is 6.66. The standard InChI is InChI=1S/C5H6Cl2O2/c1-3(8)4(9)5(2,6)7/h1-2H3. The van der Waals surface area contributed by atoms with Crippen LogP contribution in [0.3, 0.4) is 0 Å². The summed E-state index contributed by atoms with van der Waals surface area (Å²) >= 11 is 10.5. The van der Waals surface area contributed by atoms with Crippen molar-refractivity contribution in [3.05, 3.63) is 0 Å². The molecule has 0 aliphatic heterocycles. The lowest BCUT2D eigenvalue weighted by Crippen LogP contribution is -2.27. The Kier molecular flexibility index (Phi) is 2.65. The summed E-state index contributed by atoms with van der Waals surface area (Å²) in [5.74, 6) is -1.40. The van der Waals surface area contributed by atoms with Gasteiger partial charge in [-0.05, 0) is 6.92 Å². The molecular weight excluding hydrogens is 163 g/mol. The molecule has 4 heteroatoms. The first-order valence-corrected chi connectivity index (χ1v) is 3.04. The molecule has 2 nitrogen and oxygen atoms in total. The molecule has 0 fully saturated rings. The maximum atomic E-state index is 10.6. The summed E-state index contributed by atoms with van der Waals surface area (Å²) in [5, 5.41) is 0. The van der Waals surface area contributed by atoms with Crippen LogP contribution in [0, 0.1) is 0 Å². The number of hydrogen-bond donors (Lipinski definition) is 0. The third kappa shape index (κ3) is 2.82. The molecule has 52 valence electrons. The SMILES string of the molecule is CC(=O)C(=O)C(C)(Cl)Cl. The molecule has 0 spiro atoms. The van der Waals surface area contributed by atoms with E-state index in [1.807, 2.05) is 0 Å². The molecule has 0 saturated carbocycles. The van der Waals surface area contributed by atoms with Crippen molar-refractivity contribution in [3.8, 4) is 0 Å². The molecule has 0 rings (SSSR count). The summed E-state index contributed by atoms with van der Waals surface area (Å²) in [6, 6.07) is 0. The molecule has 0 saturated heterocycles. The van der Waals surface area contributed by atoms with Crippen molar-refractivity contribution in [2.75, 3.05) is 0 Å². The normalized spacial score (nSPS) is 11.1. The van der Waals surface area contributed by atoms with Gasteiger partial charge in [0.15, 0.2) is 10.1 Å². The van der Waals surface area contributed by atoms with Gasteiger partial charge in [0.2, 0.25) is 5.78 Å². The monoisotopic (exact) mass is 168 g/mol. The minimum atomic E-state index is -1.56. The van der Waals surface area contributed by atoms with Crippen molar-refractivity contribution in [2.24, 2.45) is 0 Å². The van der Waals surface area contributed by atoms with E-state index in [0.717, 1.165) is 6.92 Å². The first-order chi connectivity index (χ1) is 3.85.